The average Bonchev–Trinajstić information content (AvgIpc) is 2.96. The van der Waals surface area contributed by atoms with E-state index in [-0.39, 0.29) is 0 Å². The van der Waals surface area contributed by atoms with Crippen molar-refractivity contribution in [2.75, 3.05) is 13.1 Å². The molecule has 2 aliphatic rings. The smallest absolute Gasteiger partial charge is 0.0406 e. The van der Waals surface area contributed by atoms with E-state index in [9.17, 15) is 0 Å². The van der Waals surface area contributed by atoms with Crippen LogP contribution in [0, 0.1) is 11.8 Å². The number of nitrogens with two attached hydrogens (primary N) is 1. The van der Waals surface area contributed by atoms with Gasteiger partial charge in [0.25, 0.3) is 0 Å². The number of nitrogens with zero attached hydrogens (tertiary/aromatic N) is 1. The molecule has 3 heteroatoms. The zero-order valence-electron chi connectivity index (χ0n) is 11.6. The summed E-state index contributed by atoms with van der Waals surface area (Å²) in [6, 6.07) is 9.30. The molecule has 2 N–H and O–H groups in total. The van der Waals surface area contributed by atoms with E-state index in [1.807, 2.05) is 12.1 Å². The maximum Gasteiger partial charge on any atom is 0.0406 e. The van der Waals surface area contributed by atoms with Gasteiger partial charge in [-0.15, -0.1) is 0 Å². The Morgan fingerprint density at radius 3 is 2.63 bits per heavy atom. The molecule has 1 saturated carbocycles. The van der Waals surface area contributed by atoms with Crippen molar-refractivity contribution in [3.63, 3.8) is 0 Å². The average molecular weight is 279 g/mol. The number of fused-ring (bicyclic) bond motifs is 1. The first-order valence-electron chi connectivity index (χ1n) is 7.44. The third kappa shape index (κ3) is 2.54. The molecule has 1 aliphatic carbocycles. The molecule has 3 rings (SSSR count). The van der Waals surface area contributed by atoms with Gasteiger partial charge in [0.1, 0.15) is 0 Å². The third-order valence-electron chi connectivity index (χ3n) is 5.02. The summed E-state index contributed by atoms with van der Waals surface area (Å²) in [4.78, 5) is 2.64. The fourth-order valence-electron chi connectivity index (χ4n) is 3.99. The van der Waals surface area contributed by atoms with Gasteiger partial charge in [0, 0.05) is 30.2 Å². The number of benzene rings is 1. The van der Waals surface area contributed by atoms with E-state index in [0.29, 0.717) is 12.1 Å². The Hall–Kier alpha value is -0.570. The minimum absolute atomic E-state index is 0.428. The molecule has 0 bridgehead atoms. The summed E-state index contributed by atoms with van der Waals surface area (Å²) in [7, 11) is 0. The first-order valence-corrected chi connectivity index (χ1v) is 7.82. The van der Waals surface area contributed by atoms with Crippen LogP contribution in [0.2, 0.25) is 5.02 Å². The second kappa shape index (κ2) is 5.43. The van der Waals surface area contributed by atoms with Crippen LogP contribution in [0.15, 0.2) is 24.3 Å². The van der Waals surface area contributed by atoms with E-state index < -0.39 is 0 Å². The highest BCUT2D eigenvalue weighted by Gasteiger charge is 2.42. The minimum atomic E-state index is 0.428. The molecule has 1 aliphatic heterocycles. The maximum absolute atomic E-state index is 6.24. The monoisotopic (exact) mass is 278 g/mol. The SMILES string of the molecule is CCC(c1ccc(Cl)cc1)N1CC2CCC(N)C2C1. The van der Waals surface area contributed by atoms with E-state index >= 15 is 0 Å². The zero-order chi connectivity index (χ0) is 13.4. The lowest BCUT2D eigenvalue weighted by molar-refractivity contribution is 0.218. The summed E-state index contributed by atoms with van der Waals surface area (Å²) in [5.41, 5.74) is 7.63. The Balaban J connectivity index is 1.75. The molecule has 0 spiro atoms. The number of halogens is 1. The van der Waals surface area contributed by atoms with Gasteiger partial charge in [0.15, 0.2) is 0 Å². The molecule has 4 atom stereocenters. The molecule has 1 heterocycles. The van der Waals surface area contributed by atoms with Gasteiger partial charge in [-0.3, -0.25) is 4.90 Å². The molecule has 0 amide bonds. The van der Waals surface area contributed by atoms with Crippen LogP contribution in [-0.2, 0) is 0 Å². The van der Waals surface area contributed by atoms with Gasteiger partial charge in [-0.05, 0) is 48.8 Å². The van der Waals surface area contributed by atoms with Crippen molar-refractivity contribution in [2.24, 2.45) is 17.6 Å². The Bertz CT molecular complexity index is 431. The fourth-order valence-corrected chi connectivity index (χ4v) is 4.11. The molecule has 0 aromatic heterocycles. The molecule has 1 saturated heterocycles. The summed E-state index contributed by atoms with van der Waals surface area (Å²) in [6.07, 6.45) is 3.69. The summed E-state index contributed by atoms with van der Waals surface area (Å²) < 4.78 is 0. The Morgan fingerprint density at radius 2 is 2.00 bits per heavy atom. The molecule has 1 aromatic carbocycles. The number of hydrogen-bond acceptors (Lipinski definition) is 2. The summed E-state index contributed by atoms with van der Waals surface area (Å²) in [6.45, 7) is 4.67. The summed E-state index contributed by atoms with van der Waals surface area (Å²) in [5, 5.41) is 0.818. The predicted molar refractivity (Wildman–Crippen MR) is 80.2 cm³/mol. The second-order valence-corrected chi connectivity index (χ2v) is 6.53. The van der Waals surface area contributed by atoms with Gasteiger partial charge in [0.05, 0.1) is 0 Å². The van der Waals surface area contributed by atoms with Crippen molar-refractivity contribution in [1.82, 2.24) is 4.90 Å². The van der Waals surface area contributed by atoms with E-state index in [0.717, 1.165) is 23.3 Å². The van der Waals surface area contributed by atoms with Crippen molar-refractivity contribution < 1.29 is 0 Å². The van der Waals surface area contributed by atoms with Crippen LogP contribution >= 0.6 is 11.6 Å². The molecule has 19 heavy (non-hydrogen) atoms. The lowest BCUT2D eigenvalue weighted by atomic mass is 9.98. The van der Waals surface area contributed by atoms with Gasteiger partial charge in [-0.2, -0.15) is 0 Å². The van der Waals surface area contributed by atoms with E-state index in [1.54, 1.807) is 0 Å². The molecule has 2 fully saturated rings. The molecule has 2 nitrogen and oxygen atoms in total. The molecular formula is C16H23ClN2. The lowest BCUT2D eigenvalue weighted by Gasteiger charge is -2.28. The van der Waals surface area contributed by atoms with Crippen LogP contribution < -0.4 is 5.73 Å². The van der Waals surface area contributed by atoms with Crippen molar-refractivity contribution >= 4 is 11.6 Å². The van der Waals surface area contributed by atoms with Crippen molar-refractivity contribution in [1.29, 1.82) is 0 Å². The van der Waals surface area contributed by atoms with Gasteiger partial charge in [-0.1, -0.05) is 30.7 Å². The molecule has 0 radical (unpaired) electrons. The van der Waals surface area contributed by atoms with Crippen molar-refractivity contribution in [3.8, 4) is 0 Å². The quantitative estimate of drug-likeness (QED) is 0.917. The highest BCUT2D eigenvalue weighted by molar-refractivity contribution is 6.30. The Morgan fingerprint density at radius 1 is 1.26 bits per heavy atom. The number of likely N-dealkylation sites (tertiary alicyclic amines) is 1. The van der Waals surface area contributed by atoms with Crippen molar-refractivity contribution in [2.45, 2.75) is 38.3 Å². The van der Waals surface area contributed by atoms with Crippen LogP contribution in [0.4, 0.5) is 0 Å². The van der Waals surface area contributed by atoms with E-state index in [1.165, 1.54) is 31.5 Å². The molecule has 104 valence electrons. The lowest BCUT2D eigenvalue weighted by Crippen LogP contribution is -2.32. The zero-order valence-corrected chi connectivity index (χ0v) is 12.3. The normalized spacial score (nSPS) is 32.5. The molecule has 1 aromatic rings. The fraction of sp³-hybridized carbons (Fsp3) is 0.625. The van der Waals surface area contributed by atoms with Crippen LogP contribution in [0.25, 0.3) is 0 Å². The minimum Gasteiger partial charge on any atom is -0.327 e. The summed E-state index contributed by atoms with van der Waals surface area (Å²) in [5.74, 6) is 1.55. The molecule has 4 unspecified atom stereocenters. The Kier molecular flexibility index (Phi) is 3.84. The highest BCUT2D eigenvalue weighted by Crippen LogP contribution is 2.41. The van der Waals surface area contributed by atoms with Gasteiger partial charge in [-0.25, -0.2) is 0 Å². The van der Waals surface area contributed by atoms with Crippen LogP contribution in [0.5, 0.6) is 0 Å². The van der Waals surface area contributed by atoms with E-state index in [4.69, 9.17) is 17.3 Å². The highest BCUT2D eigenvalue weighted by atomic mass is 35.5. The molecular weight excluding hydrogens is 256 g/mol. The van der Waals surface area contributed by atoms with E-state index in [2.05, 4.69) is 24.0 Å². The third-order valence-corrected chi connectivity index (χ3v) is 5.27. The predicted octanol–water partition coefficient (Wildman–Crippen LogP) is 3.46. The standard InChI is InChI=1S/C16H23ClN2/c1-2-16(11-3-6-13(17)7-4-11)19-9-12-5-8-15(18)14(12)10-19/h3-4,6-7,12,14-16H,2,5,8-10,18H2,1H3. The van der Waals surface area contributed by atoms with Gasteiger partial charge >= 0.3 is 0 Å². The number of hydrogen-bond donors (Lipinski definition) is 1. The maximum atomic E-state index is 6.24. The van der Waals surface area contributed by atoms with Gasteiger partial charge in [0.2, 0.25) is 0 Å². The van der Waals surface area contributed by atoms with Crippen LogP contribution in [0.3, 0.4) is 0 Å². The largest absolute Gasteiger partial charge is 0.327 e. The number of rotatable bonds is 3. The topological polar surface area (TPSA) is 29.3 Å². The summed E-state index contributed by atoms with van der Waals surface area (Å²) >= 11 is 5.99. The second-order valence-electron chi connectivity index (χ2n) is 6.09. The first kappa shape index (κ1) is 13.4. The first-order chi connectivity index (χ1) is 9.19. The van der Waals surface area contributed by atoms with Crippen molar-refractivity contribution in [3.05, 3.63) is 34.9 Å². The van der Waals surface area contributed by atoms with Crippen LogP contribution in [-0.4, -0.2) is 24.0 Å². The van der Waals surface area contributed by atoms with Crippen LogP contribution in [0.1, 0.15) is 37.8 Å². The van der Waals surface area contributed by atoms with Gasteiger partial charge < -0.3 is 5.73 Å². The Labute approximate surface area is 120 Å².